The van der Waals surface area contributed by atoms with E-state index in [1.54, 1.807) is 12.1 Å². The van der Waals surface area contributed by atoms with Crippen LogP contribution in [0.4, 0.5) is 10.1 Å². The lowest BCUT2D eigenvalue weighted by Gasteiger charge is -2.28. The summed E-state index contributed by atoms with van der Waals surface area (Å²) in [6, 6.07) is 5.97. The SMILES string of the molecule is O=S1(=O)CCCCN1c1ccccc1F. The molecule has 0 aromatic heterocycles. The Balaban J connectivity index is 2.42. The zero-order valence-electron chi connectivity index (χ0n) is 8.19. The number of rotatable bonds is 1. The van der Waals surface area contributed by atoms with Gasteiger partial charge in [-0.25, -0.2) is 12.8 Å². The monoisotopic (exact) mass is 229 g/mol. The molecule has 0 bridgehead atoms. The number of para-hydroxylation sites is 1. The van der Waals surface area contributed by atoms with Crippen LogP contribution < -0.4 is 4.31 Å². The fraction of sp³-hybridized carbons (Fsp3) is 0.400. The summed E-state index contributed by atoms with van der Waals surface area (Å²) < 4.78 is 38.0. The Bertz CT molecular complexity index is 458. The minimum Gasteiger partial charge on any atom is -0.267 e. The highest BCUT2D eigenvalue weighted by Crippen LogP contribution is 2.25. The van der Waals surface area contributed by atoms with Gasteiger partial charge in [0.2, 0.25) is 10.0 Å². The average molecular weight is 229 g/mol. The molecule has 0 radical (unpaired) electrons. The molecule has 1 saturated heterocycles. The van der Waals surface area contributed by atoms with Crippen LogP contribution in [-0.4, -0.2) is 20.7 Å². The molecule has 1 aliphatic heterocycles. The van der Waals surface area contributed by atoms with Gasteiger partial charge in [0.25, 0.3) is 0 Å². The van der Waals surface area contributed by atoms with Gasteiger partial charge in [-0.15, -0.1) is 0 Å². The van der Waals surface area contributed by atoms with Crippen molar-refractivity contribution in [1.82, 2.24) is 0 Å². The lowest BCUT2D eigenvalue weighted by molar-refractivity contribution is 0.568. The van der Waals surface area contributed by atoms with Gasteiger partial charge in [-0.3, -0.25) is 4.31 Å². The zero-order valence-corrected chi connectivity index (χ0v) is 9.00. The predicted molar refractivity (Wildman–Crippen MR) is 56.8 cm³/mol. The molecule has 0 aliphatic carbocycles. The summed E-state index contributed by atoms with van der Waals surface area (Å²) in [5.41, 5.74) is 0.164. The number of hydrogen-bond acceptors (Lipinski definition) is 2. The molecular formula is C10H12FNO2S. The molecule has 2 rings (SSSR count). The first-order valence-corrected chi connectivity index (χ1v) is 6.47. The summed E-state index contributed by atoms with van der Waals surface area (Å²) in [7, 11) is -3.31. The van der Waals surface area contributed by atoms with E-state index >= 15 is 0 Å². The summed E-state index contributed by atoms with van der Waals surface area (Å²) in [5, 5.41) is 0. The Labute approximate surface area is 88.6 Å². The second-order valence-electron chi connectivity index (χ2n) is 3.55. The summed E-state index contributed by atoms with van der Waals surface area (Å²) in [6.45, 7) is 0.378. The summed E-state index contributed by atoms with van der Waals surface area (Å²) in [4.78, 5) is 0. The fourth-order valence-corrected chi connectivity index (χ4v) is 3.36. The number of sulfonamides is 1. The third-order valence-corrected chi connectivity index (χ3v) is 4.33. The highest BCUT2D eigenvalue weighted by molar-refractivity contribution is 7.92. The van der Waals surface area contributed by atoms with Crippen LogP contribution in [-0.2, 0) is 10.0 Å². The van der Waals surface area contributed by atoms with Gasteiger partial charge in [-0.2, -0.15) is 0 Å². The van der Waals surface area contributed by atoms with Crippen molar-refractivity contribution < 1.29 is 12.8 Å². The molecule has 1 fully saturated rings. The smallest absolute Gasteiger partial charge is 0.235 e. The quantitative estimate of drug-likeness (QED) is 0.735. The molecule has 15 heavy (non-hydrogen) atoms. The highest BCUT2D eigenvalue weighted by Gasteiger charge is 2.27. The van der Waals surface area contributed by atoms with E-state index in [1.807, 2.05) is 0 Å². The summed E-state index contributed by atoms with van der Waals surface area (Å²) in [5.74, 6) is -0.371. The van der Waals surface area contributed by atoms with Crippen LogP contribution in [0.5, 0.6) is 0 Å². The second kappa shape index (κ2) is 3.81. The van der Waals surface area contributed by atoms with Gasteiger partial charge in [-0.05, 0) is 25.0 Å². The van der Waals surface area contributed by atoms with E-state index in [4.69, 9.17) is 0 Å². The Hall–Kier alpha value is -1.10. The normalized spacial score (nSPS) is 20.2. The molecule has 0 spiro atoms. The molecular weight excluding hydrogens is 217 g/mol. The van der Waals surface area contributed by atoms with E-state index in [0.29, 0.717) is 13.0 Å². The number of anilines is 1. The van der Waals surface area contributed by atoms with Crippen molar-refractivity contribution >= 4 is 15.7 Å². The number of hydrogen-bond donors (Lipinski definition) is 0. The van der Waals surface area contributed by atoms with Gasteiger partial charge < -0.3 is 0 Å². The van der Waals surface area contributed by atoms with E-state index in [2.05, 4.69) is 0 Å². The lowest BCUT2D eigenvalue weighted by atomic mass is 10.3. The van der Waals surface area contributed by atoms with E-state index in [-0.39, 0.29) is 11.4 Å². The van der Waals surface area contributed by atoms with Crippen LogP contribution in [0.1, 0.15) is 12.8 Å². The fourth-order valence-electron chi connectivity index (χ4n) is 1.71. The summed E-state index contributed by atoms with van der Waals surface area (Å²) in [6.07, 6.45) is 1.45. The van der Waals surface area contributed by atoms with E-state index in [0.717, 1.165) is 6.42 Å². The van der Waals surface area contributed by atoms with Crippen molar-refractivity contribution in [2.75, 3.05) is 16.6 Å². The van der Waals surface area contributed by atoms with Crippen molar-refractivity contribution in [3.05, 3.63) is 30.1 Å². The third-order valence-electron chi connectivity index (χ3n) is 2.47. The van der Waals surface area contributed by atoms with Crippen LogP contribution in [0.25, 0.3) is 0 Å². The number of nitrogens with zero attached hydrogens (tertiary/aromatic N) is 1. The molecule has 1 aliphatic rings. The summed E-state index contributed by atoms with van der Waals surface area (Å²) >= 11 is 0. The molecule has 0 saturated carbocycles. The van der Waals surface area contributed by atoms with Crippen molar-refractivity contribution in [3.63, 3.8) is 0 Å². The largest absolute Gasteiger partial charge is 0.267 e. The maximum atomic E-state index is 13.4. The van der Waals surface area contributed by atoms with Gasteiger partial charge in [0.1, 0.15) is 5.82 Å². The van der Waals surface area contributed by atoms with Gasteiger partial charge in [0.15, 0.2) is 0 Å². The second-order valence-corrected chi connectivity index (χ2v) is 5.56. The first kappa shape index (κ1) is 10.4. The third kappa shape index (κ3) is 1.97. The van der Waals surface area contributed by atoms with Crippen molar-refractivity contribution in [2.45, 2.75) is 12.8 Å². The molecule has 1 aromatic rings. The average Bonchev–Trinajstić information content (AvgIpc) is 2.19. The van der Waals surface area contributed by atoms with Crippen LogP contribution in [0, 0.1) is 5.82 Å². The Kier molecular flexibility index (Phi) is 2.65. The Morgan fingerprint density at radius 3 is 2.60 bits per heavy atom. The molecule has 82 valence electrons. The van der Waals surface area contributed by atoms with Crippen LogP contribution in [0.15, 0.2) is 24.3 Å². The van der Waals surface area contributed by atoms with Gasteiger partial charge >= 0.3 is 0 Å². The van der Waals surface area contributed by atoms with Gasteiger partial charge in [0, 0.05) is 6.54 Å². The standard InChI is InChI=1S/C10H12FNO2S/c11-9-5-1-2-6-10(9)12-7-3-4-8-15(12,13)14/h1-2,5-6H,3-4,7-8H2. The van der Waals surface area contributed by atoms with E-state index in [1.165, 1.54) is 16.4 Å². The molecule has 0 unspecified atom stereocenters. The van der Waals surface area contributed by atoms with E-state index < -0.39 is 15.8 Å². The van der Waals surface area contributed by atoms with Gasteiger partial charge in [0.05, 0.1) is 11.4 Å². The van der Waals surface area contributed by atoms with Crippen LogP contribution in [0.3, 0.4) is 0 Å². The molecule has 0 atom stereocenters. The lowest BCUT2D eigenvalue weighted by Crippen LogP contribution is -2.38. The maximum absolute atomic E-state index is 13.4. The molecule has 5 heteroatoms. The number of halogens is 1. The van der Waals surface area contributed by atoms with E-state index in [9.17, 15) is 12.8 Å². The van der Waals surface area contributed by atoms with Crippen molar-refractivity contribution in [2.24, 2.45) is 0 Å². The first-order chi connectivity index (χ1) is 7.11. The zero-order chi connectivity index (χ0) is 10.9. The van der Waals surface area contributed by atoms with Crippen LogP contribution in [0.2, 0.25) is 0 Å². The maximum Gasteiger partial charge on any atom is 0.235 e. The Morgan fingerprint density at radius 2 is 1.93 bits per heavy atom. The molecule has 1 heterocycles. The molecule has 0 amide bonds. The minimum atomic E-state index is -3.31. The topological polar surface area (TPSA) is 37.4 Å². The highest BCUT2D eigenvalue weighted by atomic mass is 32.2. The van der Waals surface area contributed by atoms with Crippen molar-refractivity contribution in [3.8, 4) is 0 Å². The number of benzene rings is 1. The molecule has 3 nitrogen and oxygen atoms in total. The minimum absolute atomic E-state index is 0.112. The van der Waals surface area contributed by atoms with Crippen LogP contribution >= 0.6 is 0 Å². The van der Waals surface area contributed by atoms with Crippen molar-refractivity contribution in [1.29, 1.82) is 0 Å². The predicted octanol–water partition coefficient (Wildman–Crippen LogP) is 1.76. The Morgan fingerprint density at radius 1 is 1.20 bits per heavy atom. The molecule has 1 aromatic carbocycles. The first-order valence-electron chi connectivity index (χ1n) is 4.86. The molecule has 0 N–H and O–H groups in total. The van der Waals surface area contributed by atoms with Gasteiger partial charge in [-0.1, -0.05) is 12.1 Å².